The minimum atomic E-state index is -0.456. The maximum absolute atomic E-state index is 2.53. The first-order valence-corrected chi connectivity index (χ1v) is 21.9. The van der Waals surface area contributed by atoms with E-state index < -0.39 is 5.41 Å². The molecule has 0 aliphatic heterocycles. The van der Waals surface area contributed by atoms with Gasteiger partial charge in [0.25, 0.3) is 0 Å². The molecule has 0 atom stereocenters. The molecule has 1 heterocycles. The van der Waals surface area contributed by atoms with Gasteiger partial charge >= 0.3 is 0 Å². The normalized spacial score (nSPS) is 12.9. The zero-order valence-electron chi connectivity index (χ0n) is 34.5. The maximum Gasteiger partial charge on any atom is 0.0726 e. The number of nitrogens with zero attached hydrogens (tertiary/aromatic N) is 2. The van der Waals surface area contributed by atoms with E-state index in [1.165, 1.54) is 88.6 Å². The highest BCUT2D eigenvalue weighted by Gasteiger charge is 2.52. The molecule has 0 radical (unpaired) electrons. The molecule has 0 saturated carbocycles. The van der Waals surface area contributed by atoms with Crippen molar-refractivity contribution in [1.29, 1.82) is 0 Å². The topological polar surface area (TPSA) is 8.17 Å². The molecule has 0 fully saturated rings. The van der Waals surface area contributed by atoms with Gasteiger partial charge in [-0.2, -0.15) is 0 Å². The van der Waals surface area contributed by atoms with Gasteiger partial charge in [0.15, 0.2) is 0 Å². The van der Waals surface area contributed by atoms with E-state index in [-0.39, 0.29) is 0 Å². The van der Waals surface area contributed by atoms with Crippen molar-refractivity contribution in [2.24, 2.45) is 0 Å². The van der Waals surface area contributed by atoms with Crippen LogP contribution in [-0.4, -0.2) is 4.57 Å². The average Bonchev–Trinajstić information content (AvgIpc) is 3.97. The lowest BCUT2D eigenvalue weighted by molar-refractivity contribution is 0.794. The second kappa shape index (κ2) is 13.9. The maximum atomic E-state index is 2.53. The number of para-hydroxylation sites is 3. The smallest absolute Gasteiger partial charge is 0.0726 e. The molecule has 294 valence electrons. The van der Waals surface area contributed by atoms with Gasteiger partial charge < -0.3 is 9.47 Å². The Morgan fingerprint density at radius 1 is 0.317 bits per heavy atom. The molecule has 2 aliphatic rings. The van der Waals surface area contributed by atoms with Gasteiger partial charge in [0, 0.05) is 33.3 Å². The number of hydrogen-bond acceptors (Lipinski definition) is 1. The summed E-state index contributed by atoms with van der Waals surface area (Å²) in [6.07, 6.45) is 0. The van der Waals surface area contributed by atoms with Crippen LogP contribution in [0.3, 0.4) is 0 Å². The van der Waals surface area contributed by atoms with Crippen molar-refractivity contribution in [2.45, 2.75) is 5.41 Å². The van der Waals surface area contributed by atoms with Gasteiger partial charge in [-0.15, -0.1) is 0 Å². The fraction of sp³-hybridized carbons (Fsp3) is 0.0164. The lowest BCUT2D eigenvalue weighted by Gasteiger charge is -2.32. The predicted octanol–water partition coefficient (Wildman–Crippen LogP) is 15.9. The molecule has 0 bridgehead atoms. The summed E-state index contributed by atoms with van der Waals surface area (Å²) in [7, 11) is 0. The predicted molar refractivity (Wildman–Crippen MR) is 263 cm³/mol. The molecule has 13 rings (SSSR count). The Morgan fingerprint density at radius 2 is 0.810 bits per heavy atom. The van der Waals surface area contributed by atoms with Gasteiger partial charge in [-0.25, -0.2) is 0 Å². The van der Waals surface area contributed by atoms with E-state index in [2.05, 4.69) is 252 Å². The molecule has 0 saturated heterocycles. The van der Waals surface area contributed by atoms with E-state index in [4.69, 9.17) is 0 Å². The summed E-state index contributed by atoms with van der Waals surface area (Å²) in [5.41, 5.74) is 21.7. The van der Waals surface area contributed by atoms with E-state index in [0.29, 0.717) is 0 Å². The number of fused-ring (bicyclic) bond motifs is 13. The fourth-order valence-electron chi connectivity index (χ4n) is 11.1. The summed E-state index contributed by atoms with van der Waals surface area (Å²) in [5, 5.41) is 2.47. The molecule has 1 spiro atoms. The van der Waals surface area contributed by atoms with Crippen LogP contribution < -0.4 is 4.90 Å². The summed E-state index contributed by atoms with van der Waals surface area (Å²) >= 11 is 0. The first kappa shape index (κ1) is 35.5. The molecule has 2 aliphatic carbocycles. The lowest BCUT2D eigenvalue weighted by atomic mass is 9.70. The number of hydrogen-bond donors (Lipinski definition) is 0. The summed E-state index contributed by atoms with van der Waals surface area (Å²) in [4.78, 5) is 2.53. The second-order valence-electron chi connectivity index (χ2n) is 16.7. The average molecular weight is 801 g/mol. The van der Waals surface area contributed by atoms with E-state index in [1.54, 1.807) is 0 Å². The molecule has 0 unspecified atom stereocenters. The van der Waals surface area contributed by atoms with Gasteiger partial charge in [0.1, 0.15) is 0 Å². The van der Waals surface area contributed by atoms with Crippen molar-refractivity contribution < 1.29 is 0 Å². The molecular formula is C61H40N2. The highest BCUT2D eigenvalue weighted by atomic mass is 15.1. The number of rotatable bonds is 6. The Morgan fingerprint density at radius 3 is 1.54 bits per heavy atom. The number of anilines is 3. The van der Waals surface area contributed by atoms with Crippen LogP contribution in [0.4, 0.5) is 17.1 Å². The largest absolute Gasteiger partial charge is 0.309 e. The zero-order chi connectivity index (χ0) is 41.5. The lowest BCUT2D eigenvalue weighted by Crippen LogP contribution is -2.26. The van der Waals surface area contributed by atoms with Gasteiger partial charge in [-0.1, -0.05) is 194 Å². The van der Waals surface area contributed by atoms with Crippen molar-refractivity contribution in [3.63, 3.8) is 0 Å². The molecule has 2 nitrogen and oxygen atoms in total. The number of aromatic nitrogens is 1. The second-order valence-corrected chi connectivity index (χ2v) is 16.7. The highest BCUT2D eigenvalue weighted by Crippen LogP contribution is 2.65. The third-order valence-corrected chi connectivity index (χ3v) is 13.6. The van der Waals surface area contributed by atoms with Crippen LogP contribution in [0, 0.1) is 0 Å². The zero-order valence-corrected chi connectivity index (χ0v) is 34.5. The van der Waals surface area contributed by atoms with Gasteiger partial charge in [-0.3, -0.25) is 0 Å². The summed E-state index contributed by atoms with van der Waals surface area (Å²) < 4.78 is 2.41. The number of benzene rings is 10. The van der Waals surface area contributed by atoms with Crippen molar-refractivity contribution in [3.05, 3.63) is 265 Å². The summed E-state index contributed by atoms with van der Waals surface area (Å²) in [6.45, 7) is 0. The van der Waals surface area contributed by atoms with E-state index in [9.17, 15) is 0 Å². The van der Waals surface area contributed by atoms with Crippen LogP contribution in [-0.2, 0) is 5.41 Å². The molecule has 11 aromatic rings. The quantitative estimate of drug-likeness (QED) is 0.163. The Balaban J connectivity index is 1.10. The van der Waals surface area contributed by atoms with Crippen molar-refractivity contribution in [3.8, 4) is 50.2 Å². The van der Waals surface area contributed by atoms with Crippen LogP contribution in [0.15, 0.2) is 243 Å². The molecular weight excluding hydrogens is 761 g/mol. The molecule has 0 amide bonds. The fourth-order valence-corrected chi connectivity index (χ4v) is 11.1. The van der Waals surface area contributed by atoms with Gasteiger partial charge in [-0.05, 0) is 104 Å². The van der Waals surface area contributed by atoms with Crippen LogP contribution in [0.25, 0.3) is 72.0 Å². The monoisotopic (exact) mass is 800 g/mol. The Labute approximate surface area is 367 Å². The Hall–Kier alpha value is -8.20. The third kappa shape index (κ3) is 5.07. The Bertz CT molecular complexity index is 3520. The minimum Gasteiger partial charge on any atom is -0.309 e. The van der Waals surface area contributed by atoms with Crippen LogP contribution in [0.2, 0.25) is 0 Å². The van der Waals surface area contributed by atoms with E-state index in [0.717, 1.165) is 22.7 Å². The van der Waals surface area contributed by atoms with Crippen LogP contribution >= 0.6 is 0 Å². The first-order valence-electron chi connectivity index (χ1n) is 21.9. The van der Waals surface area contributed by atoms with Crippen molar-refractivity contribution in [2.75, 3.05) is 4.90 Å². The summed E-state index contributed by atoms with van der Waals surface area (Å²) in [6, 6.07) is 89.5. The Kier molecular flexibility index (Phi) is 7.85. The third-order valence-electron chi connectivity index (χ3n) is 13.6. The van der Waals surface area contributed by atoms with Gasteiger partial charge in [0.05, 0.1) is 27.8 Å². The molecule has 63 heavy (non-hydrogen) atoms. The first-order chi connectivity index (χ1) is 31.3. The molecule has 1 aromatic heterocycles. The highest BCUT2D eigenvalue weighted by molar-refractivity contribution is 6.17. The van der Waals surface area contributed by atoms with Crippen molar-refractivity contribution in [1.82, 2.24) is 4.57 Å². The standard InChI is InChI=1S/C61H40N2/c1-3-19-41(20-4-1)42-37-39-44(40-38-42)63(55-33-15-10-25-47(55)48-28-17-35-57-59(48)50-27-11-16-34-56(50)62(57)43-21-5-2-6-22-43)58-36-18-32-54-60(58)49-26-9-14-31-53(49)61(54)51-29-12-7-23-45(51)46-24-8-13-30-52(46)61/h1-40H. The van der Waals surface area contributed by atoms with E-state index >= 15 is 0 Å². The molecule has 10 aromatic carbocycles. The molecule has 2 heteroatoms. The summed E-state index contributed by atoms with van der Waals surface area (Å²) in [5.74, 6) is 0. The molecule has 0 N–H and O–H groups in total. The van der Waals surface area contributed by atoms with E-state index in [1.807, 2.05) is 0 Å². The van der Waals surface area contributed by atoms with Crippen LogP contribution in [0.1, 0.15) is 22.3 Å². The van der Waals surface area contributed by atoms with Crippen molar-refractivity contribution >= 4 is 38.9 Å². The SMILES string of the molecule is c1ccc(-c2ccc(N(c3ccccc3-c3cccc4c3c3ccccc3n4-c3ccccc3)c3cccc4c3-c3ccccc3C43c4ccccc4-c4ccccc43)cc2)cc1. The van der Waals surface area contributed by atoms with Crippen LogP contribution in [0.5, 0.6) is 0 Å². The van der Waals surface area contributed by atoms with Gasteiger partial charge in [0.2, 0.25) is 0 Å². The minimum absolute atomic E-state index is 0.456.